The van der Waals surface area contributed by atoms with Gasteiger partial charge in [-0.1, -0.05) is 0 Å². The molecule has 1 saturated carbocycles. The van der Waals surface area contributed by atoms with Crippen LogP contribution in [0, 0.1) is 6.92 Å². The first-order chi connectivity index (χ1) is 17.1. The number of methoxy groups -OCH3 is 1. The lowest BCUT2D eigenvalue weighted by atomic mass is 10.00. The van der Waals surface area contributed by atoms with Crippen molar-refractivity contribution in [3.05, 3.63) is 77.5 Å². The highest BCUT2D eigenvalue weighted by molar-refractivity contribution is 5.97. The highest BCUT2D eigenvalue weighted by Crippen LogP contribution is 2.39. The lowest BCUT2D eigenvalue weighted by Gasteiger charge is -2.18. The molecule has 2 N–H and O–H groups in total. The van der Waals surface area contributed by atoms with Crippen LogP contribution in [0.4, 0.5) is 11.5 Å². The molecule has 1 amide bonds. The summed E-state index contributed by atoms with van der Waals surface area (Å²) in [5.41, 5.74) is 6.88. The Balaban J connectivity index is 1.29. The third kappa shape index (κ3) is 4.12. The number of nitrogens with zero attached hydrogens (tertiary/aromatic N) is 4. The maximum atomic E-state index is 12.1. The summed E-state index contributed by atoms with van der Waals surface area (Å²) in [5.74, 6) is 2.32. The van der Waals surface area contributed by atoms with Crippen LogP contribution in [0.25, 0.3) is 17.1 Å². The summed E-state index contributed by atoms with van der Waals surface area (Å²) in [5, 5.41) is 6.22. The van der Waals surface area contributed by atoms with Gasteiger partial charge in [0.15, 0.2) is 17.4 Å². The number of benzene rings is 2. The van der Waals surface area contributed by atoms with Crippen LogP contribution in [-0.4, -0.2) is 39.1 Å². The Morgan fingerprint density at radius 3 is 2.83 bits per heavy atom. The first kappa shape index (κ1) is 21.3. The van der Waals surface area contributed by atoms with Crippen molar-refractivity contribution in [2.24, 2.45) is 0 Å². The molecule has 0 radical (unpaired) electrons. The van der Waals surface area contributed by atoms with E-state index in [0.717, 1.165) is 40.0 Å². The van der Waals surface area contributed by atoms with Crippen molar-refractivity contribution in [1.29, 1.82) is 0 Å². The van der Waals surface area contributed by atoms with Crippen LogP contribution in [-0.2, 0) is 6.42 Å². The second-order valence-electron chi connectivity index (χ2n) is 9.09. The Kier molecular flexibility index (Phi) is 5.21. The van der Waals surface area contributed by atoms with Gasteiger partial charge in [-0.3, -0.25) is 4.79 Å². The van der Waals surface area contributed by atoms with Gasteiger partial charge in [0.05, 0.1) is 25.3 Å². The molecule has 0 atom stereocenters. The summed E-state index contributed by atoms with van der Waals surface area (Å²) in [6.45, 7) is 2.73. The fourth-order valence-electron chi connectivity index (χ4n) is 4.54. The van der Waals surface area contributed by atoms with Gasteiger partial charge in [-0.2, -0.15) is 0 Å². The third-order valence-corrected chi connectivity index (χ3v) is 6.60. The van der Waals surface area contributed by atoms with Crippen LogP contribution in [0.3, 0.4) is 0 Å². The van der Waals surface area contributed by atoms with Crippen molar-refractivity contribution in [3.63, 3.8) is 0 Å². The average molecular weight is 467 g/mol. The molecule has 1 aliphatic carbocycles. The maximum absolute atomic E-state index is 12.1. The highest BCUT2D eigenvalue weighted by atomic mass is 16.5. The van der Waals surface area contributed by atoms with Gasteiger partial charge < -0.3 is 19.9 Å². The van der Waals surface area contributed by atoms with Gasteiger partial charge in [0, 0.05) is 41.2 Å². The minimum absolute atomic E-state index is 0.0297. The van der Waals surface area contributed by atoms with Gasteiger partial charge in [-0.25, -0.2) is 15.0 Å². The Morgan fingerprint density at radius 2 is 2.03 bits per heavy atom. The van der Waals surface area contributed by atoms with Gasteiger partial charge in [0.1, 0.15) is 0 Å². The number of aromatic nitrogens is 4. The number of hydrogen-bond acceptors (Lipinski definition) is 6. The molecule has 35 heavy (non-hydrogen) atoms. The van der Waals surface area contributed by atoms with E-state index in [1.54, 1.807) is 13.3 Å². The van der Waals surface area contributed by atoms with E-state index in [4.69, 9.17) is 9.72 Å². The Bertz CT molecular complexity index is 1440. The number of anilines is 2. The minimum atomic E-state index is -0.0297. The second kappa shape index (κ2) is 8.54. The molecule has 0 unspecified atom stereocenters. The van der Waals surface area contributed by atoms with Crippen LogP contribution in [0.15, 0.2) is 55.1 Å². The first-order valence-electron chi connectivity index (χ1n) is 11.8. The third-order valence-electron chi connectivity index (χ3n) is 6.60. The van der Waals surface area contributed by atoms with Crippen molar-refractivity contribution in [2.45, 2.75) is 32.1 Å². The highest BCUT2D eigenvalue weighted by Gasteiger charge is 2.26. The first-order valence-corrected chi connectivity index (χ1v) is 11.8. The Hall–Kier alpha value is -4.20. The number of hydrogen-bond donors (Lipinski definition) is 2. The fourth-order valence-corrected chi connectivity index (χ4v) is 4.54. The normalized spacial score (nSPS) is 14.9. The van der Waals surface area contributed by atoms with E-state index in [1.165, 1.54) is 18.5 Å². The molecule has 0 spiro atoms. The van der Waals surface area contributed by atoms with Crippen molar-refractivity contribution >= 4 is 17.4 Å². The standard InChI is InChI=1S/C27H26N6O2/c1-16-11-19(5-8-23(16)33-14-22(30-15-33)17-3-4-17)25-29-13-24(35-2)26(32-25)31-20-6-7-21-18(12-20)9-10-28-27(21)34/h5-8,11-15,17H,3-4,9-10H2,1-2H3,(H,28,34)(H,29,31,32). The minimum Gasteiger partial charge on any atom is -0.491 e. The van der Waals surface area contributed by atoms with Gasteiger partial charge in [0.2, 0.25) is 0 Å². The quantitative estimate of drug-likeness (QED) is 0.433. The van der Waals surface area contributed by atoms with Crippen molar-refractivity contribution in [2.75, 3.05) is 19.0 Å². The number of aryl methyl sites for hydroxylation is 1. The summed E-state index contributed by atoms with van der Waals surface area (Å²) >= 11 is 0. The SMILES string of the molecule is COc1cnc(-c2ccc(-n3cnc(C4CC4)c3)c(C)c2)nc1Nc1ccc2c(c1)CCNC2=O. The lowest BCUT2D eigenvalue weighted by Crippen LogP contribution is -2.31. The summed E-state index contributed by atoms with van der Waals surface area (Å²) in [6, 6.07) is 11.9. The van der Waals surface area contributed by atoms with Crippen LogP contribution in [0.1, 0.15) is 45.9 Å². The predicted octanol–water partition coefficient (Wildman–Crippen LogP) is 4.55. The molecular weight excluding hydrogens is 440 g/mol. The van der Waals surface area contributed by atoms with E-state index < -0.39 is 0 Å². The van der Waals surface area contributed by atoms with Crippen molar-refractivity contribution in [1.82, 2.24) is 24.8 Å². The van der Waals surface area contributed by atoms with E-state index in [1.807, 2.05) is 30.6 Å². The molecule has 2 aromatic carbocycles. The molecule has 3 heterocycles. The summed E-state index contributed by atoms with van der Waals surface area (Å²) in [7, 11) is 1.60. The molecule has 1 fully saturated rings. The molecule has 176 valence electrons. The summed E-state index contributed by atoms with van der Waals surface area (Å²) in [4.78, 5) is 25.9. The van der Waals surface area contributed by atoms with Gasteiger partial charge in [0.25, 0.3) is 5.91 Å². The molecule has 4 aromatic rings. The number of rotatable bonds is 6. The van der Waals surface area contributed by atoms with E-state index in [0.29, 0.717) is 29.9 Å². The predicted molar refractivity (Wildman–Crippen MR) is 134 cm³/mol. The van der Waals surface area contributed by atoms with Gasteiger partial charge >= 0.3 is 0 Å². The topological polar surface area (TPSA) is 94.0 Å². The van der Waals surface area contributed by atoms with Crippen molar-refractivity contribution < 1.29 is 9.53 Å². The number of carbonyl (C=O) groups is 1. The summed E-state index contributed by atoms with van der Waals surface area (Å²) < 4.78 is 7.59. The fraction of sp³-hybridized carbons (Fsp3) is 0.259. The van der Waals surface area contributed by atoms with Crippen LogP contribution in [0.2, 0.25) is 0 Å². The van der Waals surface area contributed by atoms with Crippen molar-refractivity contribution in [3.8, 4) is 22.8 Å². The molecule has 1 aliphatic heterocycles. The monoisotopic (exact) mass is 466 g/mol. The number of nitrogens with one attached hydrogen (secondary N) is 2. The smallest absolute Gasteiger partial charge is 0.251 e. The molecule has 0 bridgehead atoms. The van der Waals surface area contributed by atoms with E-state index >= 15 is 0 Å². The largest absolute Gasteiger partial charge is 0.491 e. The van der Waals surface area contributed by atoms with E-state index in [9.17, 15) is 4.79 Å². The summed E-state index contributed by atoms with van der Waals surface area (Å²) in [6.07, 6.45) is 8.98. The van der Waals surface area contributed by atoms with Gasteiger partial charge in [-0.05, 0) is 73.7 Å². The number of amides is 1. The average Bonchev–Trinajstić information content (AvgIpc) is 3.61. The number of fused-ring (bicyclic) bond motifs is 1. The molecule has 8 nitrogen and oxygen atoms in total. The number of carbonyl (C=O) groups excluding carboxylic acids is 1. The van der Waals surface area contributed by atoms with E-state index in [2.05, 4.69) is 50.4 Å². The maximum Gasteiger partial charge on any atom is 0.251 e. The van der Waals surface area contributed by atoms with Crippen LogP contribution in [0.5, 0.6) is 5.75 Å². The zero-order valence-corrected chi connectivity index (χ0v) is 19.7. The molecule has 0 saturated heterocycles. The Labute approximate surface area is 203 Å². The molecule has 2 aromatic heterocycles. The zero-order chi connectivity index (χ0) is 23.9. The molecule has 8 heteroatoms. The number of ether oxygens (including phenoxy) is 1. The number of imidazole rings is 1. The van der Waals surface area contributed by atoms with Crippen LogP contribution >= 0.6 is 0 Å². The Morgan fingerprint density at radius 1 is 1.14 bits per heavy atom. The van der Waals surface area contributed by atoms with Gasteiger partial charge in [-0.15, -0.1) is 0 Å². The molecule has 6 rings (SSSR count). The lowest BCUT2D eigenvalue weighted by molar-refractivity contribution is 0.0946. The zero-order valence-electron chi connectivity index (χ0n) is 19.7. The van der Waals surface area contributed by atoms with Crippen LogP contribution < -0.4 is 15.4 Å². The molecule has 2 aliphatic rings. The second-order valence-corrected chi connectivity index (χ2v) is 9.09. The molecular formula is C27H26N6O2. The van der Waals surface area contributed by atoms with E-state index in [-0.39, 0.29) is 5.91 Å².